The molecule has 2 aromatic rings. The summed E-state index contributed by atoms with van der Waals surface area (Å²) in [5, 5.41) is 3.30. The Labute approximate surface area is 140 Å². The Morgan fingerprint density at radius 1 is 1.04 bits per heavy atom. The Kier molecular flexibility index (Phi) is 4.44. The molecular formula is C18H18ClNO3. The van der Waals surface area contributed by atoms with Gasteiger partial charge in [-0.25, -0.2) is 0 Å². The van der Waals surface area contributed by atoms with Crippen molar-refractivity contribution in [3.63, 3.8) is 0 Å². The van der Waals surface area contributed by atoms with Gasteiger partial charge in [0.15, 0.2) is 0 Å². The summed E-state index contributed by atoms with van der Waals surface area (Å²) >= 11 is 6.08. The zero-order valence-electron chi connectivity index (χ0n) is 13.1. The lowest BCUT2D eigenvalue weighted by atomic mass is 10.1. The van der Waals surface area contributed by atoms with Crippen LogP contribution in [0.25, 0.3) is 0 Å². The van der Waals surface area contributed by atoms with Crippen molar-refractivity contribution in [2.75, 3.05) is 19.5 Å². The van der Waals surface area contributed by atoms with Gasteiger partial charge in [0.2, 0.25) is 0 Å². The molecule has 120 valence electrons. The molecule has 23 heavy (non-hydrogen) atoms. The molecule has 1 aliphatic carbocycles. The lowest BCUT2D eigenvalue weighted by molar-refractivity contribution is 0.102. The van der Waals surface area contributed by atoms with Crippen LogP contribution in [0.3, 0.4) is 0 Å². The molecule has 0 atom stereocenters. The van der Waals surface area contributed by atoms with Gasteiger partial charge in [0.05, 0.1) is 24.9 Å². The van der Waals surface area contributed by atoms with Crippen molar-refractivity contribution in [2.45, 2.75) is 19.3 Å². The number of carbonyl (C=O) groups excluding carboxylic acids is 1. The fourth-order valence-electron chi connectivity index (χ4n) is 2.87. The smallest absolute Gasteiger partial charge is 0.255 e. The third-order valence-corrected chi connectivity index (χ3v) is 4.38. The van der Waals surface area contributed by atoms with Crippen LogP contribution in [0.4, 0.5) is 5.69 Å². The number of fused-ring (bicyclic) bond motifs is 1. The van der Waals surface area contributed by atoms with E-state index in [0.717, 1.165) is 19.3 Å². The van der Waals surface area contributed by atoms with Gasteiger partial charge in [0.1, 0.15) is 11.5 Å². The van der Waals surface area contributed by atoms with E-state index in [1.807, 2.05) is 18.2 Å². The predicted molar refractivity (Wildman–Crippen MR) is 91.0 cm³/mol. The second kappa shape index (κ2) is 6.50. The number of carbonyl (C=O) groups is 1. The second-order valence-electron chi connectivity index (χ2n) is 5.48. The van der Waals surface area contributed by atoms with Gasteiger partial charge in [-0.05, 0) is 42.5 Å². The van der Waals surface area contributed by atoms with Gasteiger partial charge >= 0.3 is 0 Å². The maximum Gasteiger partial charge on any atom is 0.255 e. The van der Waals surface area contributed by atoms with Gasteiger partial charge in [0, 0.05) is 17.7 Å². The zero-order valence-corrected chi connectivity index (χ0v) is 13.9. The lowest BCUT2D eigenvalue weighted by Gasteiger charge is -2.13. The van der Waals surface area contributed by atoms with Crippen LogP contribution in [0, 0.1) is 0 Å². The standard InChI is InChI=1S/C18H18ClNO3/c1-22-16-10-15(17(23-2)9-14(16)19)20-18(21)13-7-6-11-4-3-5-12(11)8-13/h6-10H,3-5H2,1-2H3,(H,20,21). The van der Waals surface area contributed by atoms with Crippen LogP contribution < -0.4 is 14.8 Å². The number of aryl methyl sites for hydroxylation is 2. The predicted octanol–water partition coefficient (Wildman–Crippen LogP) is 4.10. The summed E-state index contributed by atoms with van der Waals surface area (Å²) in [6.45, 7) is 0. The highest BCUT2D eigenvalue weighted by Crippen LogP contribution is 2.36. The molecule has 3 rings (SSSR count). The Hall–Kier alpha value is -2.20. The molecule has 0 radical (unpaired) electrons. The lowest BCUT2D eigenvalue weighted by Crippen LogP contribution is -2.13. The molecule has 0 fully saturated rings. The number of methoxy groups -OCH3 is 2. The molecule has 0 unspecified atom stereocenters. The van der Waals surface area contributed by atoms with Crippen molar-refractivity contribution in [3.8, 4) is 11.5 Å². The number of halogens is 1. The van der Waals surface area contributed by atoms with E-state index in [1.54, 1.807) is 12.1 Å². The highest BCUT2D eigenvalue weighted by atomic mass is 35.5. The van der Waals surface area contributed by atoms with Gasteiger partial charge < -0.3 is 14.8 Å². The van der Waals surface area contributed by atoms with E-state index >= 15 is 0 Å². The maximum atomic E-state index is 12.5. The molecule has 1 N–H and O–H groups in total. The quantitative estimate of drug-likeness (QED) is 0.917. The molecule has 2 aromatic carbocycles. The van der Waals surface area contributed by atoms with Gasteiger partial charge in [-0.3, -0.25) is 4.79 Å². The Bertz CT molecular complexity index is 758. The van der Waals surface area contributed by atoms with Crippen LogP contribution in [0.1, 0.15) is 27.9 Å². The first-order valence-electron chi connectivity index (χ1n) is 7.47. The summed E-state index contributed by atoms with van der Waals surface area (Å²) in [5.74, 6) is 0.796. The van der Waals surface area contributed by atoms with Crippen LogP contribution in [0.15, 0.2) is 30.3 Å². The molecule has 1 aliphatic rings. The van der Waals surface area contributed by atoms with E-state index in [0.29, 0.717) is 27.8 Å². The number of benzene rings is 2. The summed E-state index contributed by atoms with van der Waals surface area (Å²) in [5.41, 5.74) is 3.77. The van der Waals surface area contributed by atoms with Crippen molar-refractivity contribution in [1.82, 2.24) is 0 Å². The number of rotatable bonds is 4. The minimum atomic E-state index is -0.178. The van der Waals surface area contributed by atoms with Crippen molar-refractivity contribution in [1.29, 1.82) is 0 Å². The summed E-state index contributed by atoms with van der Waals surface area (Å²) in [7, 11) is 3.06. The average molecular weight is 332 g/mol. The second-order valence-corrected chi connectivity index (χ2v) is 5.89. The molecule has 4 nitrogen and oxygen atoms in total. The maximum absolute atomic E-state index is 12.5. The SMILES string of the molecule is COc1cc(NC(=O)c2ccc3c(c2)CCC3)c(OC)cc1Cl. The minimum absolute atomic E-state index is 0.178. The van der Waals surface area contributed by atoms with Crippen LogP contribution in [-0.2, 0) is 12.8 Å². The summed E-state index contributed by atoms with van der Waals surface area (Å²) in [6.07, 6.45) is 3.29. The minimum Gasteiger partial charge on any atom is -0.495 e. The molecule has 0 bridgehead atoms. The van der Waals surface area contributed by atoms with E-state index in [4.69, 9.17) is 21.1 Å². The largest absolute Gasteiger partial charge is 0.495 e. The fourth-order valence-corrected chi connectivity index (χ4v) is 3.10. The monoisotopic (exact) mass is 331 g/mol. The Morgan fingerprint density at radius 2 is 1.78 bits per heavy atom. The molecule has 0 aromatic heterocycles. The molecule has 0 aliphatic heterocycles. The first-order valence-corrected chi connectivity index (χ1v) is 7.85. The van der Waals surface area contributed by atoms with Crippen molar-refractivity contribution < 1.29 is 14.3 Å². The van der Waals surface area contributed by atoms with Gasteiger partial charge in [0.25, 0.3) is 5.91 Å². The first-order chi connectivity index (χ1) is 11.1. The fraction of sp³-hybridized carbons (Fsp3) is 0.278. The van der Waals surface area contributed by atoms with Gasteiger partial charge in [-0.1, -0.05) is 17.7 Å². The third kappa shape index (κ3) is 3.13. The topological polar surface area (TPSA) is 47.6 Å². The van der Waals surface area contributed by atoms with Crippen molar-refractivity contribution >= 4 is 23.2 Å². The van der Waals surface area contributed by atoms with E-state index in [1.165, 1.54) is 25.3 Å². The normalized spacial score (nSPS) is 12.7. The van der Waals surface area contributed by atoms with Crippen LogP contribution in [-0.4, -0.2) is 20.1 Å². The number of amides is 1. The summed E-state index contributed by atoms with van der Waals surface area (Å²) in [6, 6.07) is 9.15. The highest BCUT2D eigenvalue weighted by Gasteiger charge is 2.16. The van der Waals surface area contributed by atoms with E-state index < -0.39 is 0 Å². The highest BCUT2D eigenvalue weighted by molar-refractivity contribution is 6.32. The van der Waals surface area contributed by atoms with Crippen molar-refractivity contribution in [3.05, 3.63) is 52.0 Å². The molecule has 0 heterocycles. The number of anilines is 1. The Balaban J connectivity index is 1.87. The van der Waals surface area contributed by atoms with E-state index in [2.05, 4.69) is 5.32 Å². The average Bonchev–Trinajstić information content (AvgIpc) is 3.03. The van der Waals surface area contributed by atoms with Crippen LogP contribution >= 0.6 is 11.6 Å². The zero-order chi connectivity index (χ0) is 16.4. The van der Waals surface area contributed by atoms with Gasteiger partial charge in [-0.15, -0.1) is 0 Å². The molecular weight excluding hydrogens is 314 g/mol. The van der Waals surface area contributed by atoms with Crippen molar-refractivity contribution in [2.24, 2.45) is 0 Å². The number of hydrogen-bond donors (Lipinski definition) is 1. The van der Waals surface area contributed by atoms with Crippen LogP contribution in [0.5, 0.6) is 11.5 Å². The van der Waals surface area contributed by atoms with Crippen LogP contribution in [0.2, 0.25) is 5.02 Å². The summed E-state index contributed by atoms with van der Waals surface area (Å²) in [4.78, 5) is 12.5. The third-order valence-electron chi connectivity index (χ3n) is 4.08. The molecule has 0 spiro atoms. The molecule has 0 saturated carbocycles. The van der Waals surface area contributed by atoms with E-state index in [9.17, 15) is 4.79 Å². The molecule has 0 saturated heterocycles. The Morgan fingerprint density at radius 3 is 2.52 bits per heavy atom. The van der Waals surface area contributed by atoms with Gasteiger partial charge in [-0.2, -0.15) is 0 Å². The first kappa shape index (κ1) is 15.7. The summed E-state index contributed by atoms with van der Waals surface area (Å²) < 4.78 is 10.5. The molecule has 1 amide bonds. The number of nitrogens with one attached hydrogen (secondary N) is 1. The number of hydrogen-bond acceptors (Lipinski definition) is 3. The van der Waals surface area contributed by atoms with E-state index in [-0.39, 0.29) is 5.91 Å². The number of ether oxygens (including phenoxy) is 2. The molecule has 5 heteroatoms.